The van der Waals surface area contributed by atoms with Crippen LogP contribution in [0.2, 0.25) is 0 Å². The van der Waals surface area contributed by atoms with Gasteiger partial charge < -0.3 is 10.2 Å². The molecule has 2 aromatic heterocycles. The minimum atomic E-state index is 0.900. The van der Waals surface area contributed by atoms with E-state index in [-0.39, 0.29) is 0 Å². The van der Waals surface area contributed by atoms with E-state index in [1.54, 1.807) is 22.7 Å². The summed E-state index contributed by atoms with van der Waals surface area (Å²) >= 11 is 3.58. The number of thiazole rings is 1. The van der Waals surface area contributed by atoms with Gasteiger partial charge in [-0.25, -0.2) is 4.98 Å². The molecule has 0 saturated heterocycles. The Morgan fingerprint density at radius 3 is 2.67 bits per heavy atom. The lowest BCUT2D eigenvalue weighted by molar-refractivity contribution is 0.708. The zero-order chi connectivity index (χ0) is 12.8. The SMILES string of the molecule is CCN(CC)c1ncc(CNCc2cccs2)s1. The lowest BCUT2D eigenvalue weighted by Gasteiger charge is -2.16. The van der Waals surface area contributed by atoms with Crippen molar-refractivity contribution in [2.75, 3.05) is 18.0 Å². The smallest absolute Gasteiger partial charge is 0.185 e. The normalized spacial score (nSPS) is 10.8. The second kappa shape index (κ2) is 6.87. The van der Waals surface area contributed by atoms with Crippen LogP contribution in [0.1, 0.15) is 23.6 Å². The first-order valence-corrected chi connectivity index (χ1v) is 7.95. The Kier molecular flexibility index (Phi) is 5.16. The second-order valence-corrected chi connectivity index (χ2v) is 6.09. The number of hydrogen-bond acceptors (Lipinski definition) is 5. The second-order valence-electron chi connectivity index (χ2n) is 3.96. The number of nitrogens with zero attached hydrogens (tertiary/aromatic N) is 2. The predicted octanol–water partition coefficient (Wildman–Crippen LogP) is 3.34. The molecule has 2 heterocycles. The van der Waals surface area contributed by atoms with Gasteiger partial charge in [-0.2, -0.15) is 0 Å². The van der Waals surface area contributed by atoms with E-state index in [0.29, 0.717) is 0 Å². The average Bonchev–Trinajstić information content (AvgIpc) is 3.03. The Morgan fingerprint density at radius 2 is 2.00 bits per heavy atom. The van der Waals surface area contributed by atoms with Crippen LogP contribution >= 0.6 is 22.7 Å². The van der Waals surface area contributed by atoms with Crippen LogP contribution < -0.4 is 10.2 Å². The molecule has 0 aliphatic carbocycles. The van der Waals surface area contributed by atoms with Crippen LogP contribution in [0.5, 0.6) is 0 Å². The summed E-state index contributed by atoms with van der Waals surface area (Å²) < 4.78 is 0. The van der Waals surface area contributed by atoms with Crippen molar-refractivity contribution in [1.82, 2.24) is 10.3 Å². The lowest BCUT2D eigenvalue weighted by atomic mass is 10.4. The number of thiophene rings is 1. The molecule has 1 N–H and O–H groups in total. The number of hydrogen-bond donors (Lipinski definition) is 1. The number of anilines is 1. The van der Waals surface area contributed by atoms with E-state index in [1.165, 1.54) is 9.75 Å². The van der Waals surface area contributed by atoms with E-state index in [2.05, 4.69) is 46.6 Å². The molecule has 0 atom stereocenters. The summed E-state index contributed by atoms with van der Waals surface area (Å²) in [5, 5.41) is 6.70. The summed E-state index contributed by atoms with van der Waals surface area (Å²) in [5.41, 5.74) is 0. The van der Waals surface area contributed by atoms with Crippen LogP contribution in [0.15, 0.2) is 23.7 Å². The maximum atomic E-state index is 4.48. The highest BCUT2D eigenvalue weighted by atomic mass is 32.1. The van der Waals surface area contributed by atoms with E-state index in [9.17, 15) is 0 Å². The van der Waals surface area contributed by atoms with Crippen molar-refractivity contribution in [2.45, 2.75) is 26.9 Å². The summed E-state index contributed by atoms with van der Waals surface area (Å²) in [4.78, 5) is 9.44. The molecule has 2 rings (SSSR count). The molecule has 0 fully saturated rings. The van der Waals surface area contributed by atoms with E-state index < -0.39 is 0 Å². The minimum absolute atomic E-state index is 0.900. The van der Waals surface area contributed by atoms with E-state index in [1.807, 2.05) is 6.20 Å². The largest absolute Gasteiger partial charge is 0.349 e. The molecule has 0 spiro atoms. The molecular formula is C13H19N3S2. The van der Waals surface area contributed by atoms with Crippen molar-refractivity contribution in [3.8, 4) is 0 Å². The van der Waals surface area contributed by atoms with Gasteiger partial charge in [0.15, 0.2) is 5.13 Å². The van der Waals surface area contributed by atoms with Gasteiger partial charge in [-0.15, -0.1) is 22.7 Å². The van der Waals surface area contributed by atoms with Crippen LogP contribution in [0.25, 0.3) is 0 Å². The zero-order valence-electron chi connectivity index (χ0n) is 10.8. The molecule has 0 amide bonds. The van der Waals surface area contributed by atoms with Gasteiger partial charge in [-0.05, 0) is 25.3 Å². The molecule has 3 nitrogen and oxygen atoms in total. The summed E-state index contributed by atoms with van der Waals surface area (Å²) in [6.07, 6.45) is 1.99. The van der Waals surface area contributed by atoms with E-state index in [4.69, 9.17) is 0 Å². The van der Waals surface area contributed by atoms with Gasteiger partial charge in [0.2, 0.25) is 0 Å². The Hall–Kier alpha value is -0.910. The fraction of sp³-hybridized carbons (Fsp3) is 0.462. The maximum Gasteiger partial charge on any atom is 0.185 e. The molecule has 0 aliphatic heterocycles. The summed E-state index contributed by atoms with van der Waals surface area (Å²) in [6.45, 7) is 8.21. The molecular weight excluding hydrogens is 262 g/mol. The maximum absolute atomic E-state index is 4.48. The predicted molar refractivity (Wildman–Crippen MR) is 80.5 cm³/mol. The molecule has 0 aromatic carbocycles. The molecule has 0 unspecified atom stereocenters. The minimum Gasteiger partial charge on any atom is -0.349 e. The van der Waals surface area contributed by atoms with Gasteiger partial charge in [0.05, 0.1) is 0 Å². The highest BCUT2D eigenvalue weighted by molar-refractivity contribution is 7.15. The van der Waals surface area contributed by atoms with Gasteiger partial charge >= 0.3 is 0 Å². The highest BCUT2D eigenvalue weighted by Gasteiger charge is 2.07. The van der Waals surface area contributed by atoms with Crippen molar-refractivity contribution in [2.24, 2.45) is 0 Å². The first-order chi connectivity index (χ1) is 8.83. The molecule has 5 heteroatoms. The standard InChI is InChI=1S/C13H19N3S2/c1-3-16(4-2)13-15-10-12(18-13)9-14-8-11-6-5-7-17-11/h5-7,10,14H,3-4,8-9H2,1-2H3. The van der Waals surface area contributed by atoms with Gasteiger partial charge in [-0.1, -0.05) is 6.07 Å². The Morgan fingerprint density at radius 1 is 1.22 bits per heavy atom. The van der Waals surface area contributed by atoms with Gasteiger partial charge in [0, 0.05) is 42.1 Å². The van der Waals surface area contributed by atoms with Crippen LogP contribution in [0.3, 0.4) is 0 Å². The Balaban J connectivity index is 1.83. The molecule has 2 aromatic rings. The van der Waals surface area contributed by atoms with Crippen molar-refractivity contribution in [3.05, 3.63) is 33.5 Å². The third kappa shape index (κ3) is 3.54. The lowest BCUT2D eigenvalue weighted by Crippen LogP contribution is -2.21. The van der Waals surface area contributed by atoms with Crippen molar-refractivity contribution in [3.63, 3.8) is 0 Å². The van der Waals surface area contributed by atoms with Crippen LogP contribution in [0, 0.1) is 0 Å². The molecule has 0 bridgehead atoms. The molecule has 0 radical (unpaired) electrons. The van der Waals surface area contributed by atoms with Crippen LogP contribution in [0.4, 0.5) is 5.13 Å². The van der Waals surface area contributed by atoms with Crippen molar-refractivity contribution >= 4 is 27.8 Å². The number of aromatic nitrogens is 1. The fourth-order valence-electron chi connectivity index (χ4n) is 1.74. The molecule has 0 saturated carbocycles. The summed E-state index contributed by atoms with van der Waals surface area (Å²) in [5.74, 6) is 0. The third-order valence-corrected chi connectivity index (χ3v) is 4.69. The molecule has 18 heavy (non-hydrogen) atoms. The first kappa shape index (κ1) is 13.5. The summed E-state index contributed by atoms with van der Waals surface area (Å²) in [7, 11) is 0. The first-order valence-electron chi connectivity index (χ1n) is 6.26. The van der Waals surface area contributed by atoms with Gasteiger partial charge in [0.1, 0.15) is 0 Å². The Bertz CT molecular complexity index is 447. The van der Waals surface area contributed by atoms with E-state index >= 15 is 0 Å². The van der Waals surface area contributed by atoms with Crippen molar-refractivity contribution < 1.29 is 0 Å². The average molecular weight is 281 g/mol. The molecule has 98 valence electrons. The highest BCUT2D eigenvalue weighted by Crippen LogP contribution is 2.22. The zero-order valence-corrected chi connectivity index (χ0v) is 12.5. The van der Waals surface area contributed by atoms with Gasteiger partial charge in [0.25, 0.3) is 0 Å². The third-order valence-electron chi connectivity index (χ3n) is 2.75. The number of nitrogens with one attached hydrogen (secondary N) is 1. The van der Waals surface area contributed by atoms with Crippen molar-refractivity contribution in [1.29, 1.82) is 0 Å². The fourth-order valence-corrected chi connectivity index (χ4v) is 3.42. The van der Waals surface area contributed by atoms with E-state index in [0.717, 1.165) is 31.3 Å². The topological polar surface area (TPSA) is 28.2 Å². The number of rotatable bonds is 7. The molecule has 0 aliphatic rings. The quantitative estimate of drug-likeness (QED) is 0.843. The monoisotopic (exact) mass is 281 g/mol. The van der Waals surface area contributed by atoms with Gasteiger partial charge in [-0.3, -0.25) is 0 Å². The van der Waals surface area contributed by atoms with Crippen LogP contribution in [-0.2, 0) is 13.1 Å². The van der Waals surface area contributed by atoms with Crippen LogP contribution in [-0.4, -0.2) is 18.1 Å². The summed E-state index contributed by atoms with van der Waals surface area (Å²) in [6, 6.07) is 4.25. The Labute approximate surface area is 116 Å².